The number of carbonyl (C=O) groups excluding carboxylic acids is 1. The van der Waals surface area contributed by atoms with Gasteiger partial charge in [0.15, 0.2) is 18.2 Å². The highest BCUT2D eigenvalue weighted by molar-refractivity contribution is 6.11. The van der Waals surface area contributed by atoms with Crippen LogP contribution in [0.4, 0.5) is 4.39 Å². The zero-order chi connectivity index (χ0) is 22.9. The molecule has 1 unspecified atom stereocenters. The maximum absolute atomic E-state index is 13.4. The lowest BCUT2D eigenvalue weighted by Gasteiger charge is -2.39. The van der Waals surface area contributed by atoms with Crippen molar-refractivity contribution in [3.8, 4) is 11.4 Å². The van der Waals surface area contributed by atoms with Gasteiger partial charge in [-0.05, 0) is 54.8 Å². The maximum atomic E-state index is 13.4. The van der Waals surface area contributed by atoms with Crippen molar-refractivity contribution in [3.05, 3.63) is 83.4 Å². The number of hydrogen-bond donors (Lipinski definition) is 0. The SMILES string of the molecule is COc1cc(C=C2OCC(=O)N3C2=NCCC3c2ccc(F)cc2)ccc1-n1cnc(C)c1. The van der Waals surface area contributed by atoms with Crippen molar-refractivity contribution in [2.24, 2.45) is 4.99 Å². The second-order valence-corrected chi connectivity index (χ2v) is 7.98. The first kappa shape index (κ1) is 20.9. The number of fused-ring (bicyclic) bond motifs is 1. The molecule has 0 radical (unpaired) electrons. The summed E-state index contributed by atoms with van der Waals surface area (Å²) in [5.74, 6) is 1.24. The van der Waals surface area contributed by atoms with E-state index in [4.69, 9.17) is 9.47 Å². The van der Waals surface area contributed by atoms with E-state index in [0.29, 0.717) is 30.3 Å². The second kappa shape index (κ2) is 8.54. The molecular formula is C25H23FN4O3. The predicted octanol–water partition coefficient (Wildman–Crippen LogP) is 4.07. The van der Waals surface area contributed by atoms with Crippen molar-refractivity contribution in [2.45, 2.75) is 19.4 Å². The van der Waals surface area contributed by atoms with E-state index in [2.05, 4.69) is 9.98 Å². The zero-order valence-electron chi connectivity index (χ0n) is 18.4. The van der Waals surface area contributed by atoms with Crippen LogP contribution in [0.5, 0.6) is 5.75 Å². The van der Waals surface area contributed by atoms with E-state index in [9.17, 15) is 9.18 Å². The van der Waals surface area contributed by atoms with Crippen LogP contribution < -0.4 is 4.74 Å². The fourth-order valence-electron chi connectivity index (χ4n) is 4.22. The number of halogens is 1. The summed E-state index contributed by atoms with van der Waals surface area (Å²) < 4.78 is 26.7. The average Bonchev–Trinajstić information content (AvgIpc) is 3.27. The number of amides is 1. The Balaban J connectivity index is 1.48. The number of morpholine rings is 1. The molecule has 0 saturated carbocycles. The van der Waals surface area contributed by atoms with Crippen molar-refractivity contribution in [3.63, 3.8) is 0 Å². The molecule has 8 heteroatoms. The molecule has 2 aromatic carbocycles. The summed E-state index contributed by atoms with van der Waals surface area (Å²) >= 11 is 0. The van der Waals surface area contributed by atoms with Gasteiger partial charge in [-0.3, -0.25) is 14.7 Å². The van der Waals surface area contributed by atoms with Gasteiger partial charge in [-0.2, -0.15) is 0 Å². The minimum atomic E-state index is -0.305. The third-order valence-corrected chi connectivity index (χ3v) is 5.79. The molecule has 1 atom stereocenters. The number of imidazole rings is 1. The van der Waals surface area contributed by atoms with E-state index < -0.39 is 0 Å². The molecule has 0 aliphatic carbocycles. The molecule has 0 spiro atoms. The van der Waals surface area contributed by atoms with Crippen LogP contribution in [0.25, 0.3) is 11.8 Å². The third kappa shape index (κ3) is 4.00. The Kier molecular flexibility index (Phi) is 5.42. The maximum Gasteiger partial charge on any atom is 0.266 e. The van der Waals surface area contributed by atoms with Gasteiger partial charge < -0.3 is 14.0 Å². The van der Waals surface area contributed by atoms with Crippen LogP contribution in [0.2, 0.25) is 0 Å². The third-order valence-electron chi connectivity index (χ3n) is 5.79. The van der Waals surface area contributed by atoms with E-state index in [0.717, 1.165) is 22.5 Å². The first-order valence-electron chi connectivity index (χ1n) is 10.7. The molecule has 2 aliphatic heterocycles. The lowest BCUT2D eigenvalue weighted by molar-refractivity contribution is -0.134. The molecule has 7 nitrogen and oxygen atoms in total. The summed E-state index contributed by atoms with van der Waals surface area (Å²) in [6.45, 7) is 2.40. The molecule has 1 saturated heterocycles. The monoisotopic (exact) mass is 446 g/mol. The van der Waals surface area contributed by atoms with Gasteiger partial charge in [-0.15, -0.1) is 0 Å². The van der Waals surface area contributed by atoms with Crippen molar-refractivity contribution >= 4 is 17.8 Å². The summed E-state index contributed by atoms with van der Waals surface area (Å²) in [5, 5.41) is 0. The van der Waals surface area contributed by atoms with Gasteiger partial charge in [0.2, 0.25) is 0 Å². The normalized spacial score (nSPS) is 19.2. The average molecular weight is 446 g/mol. The number of amidine groups is 1. The highest BCUT2D eigenvalue weighted by atomic mass is 19.1. The molecule has 0 bridgehead atoms. The molecule has 168 valence electrons. The minimum Gasteiger partial charge on any atom is -0.495 e. The topological polar surface area (TPSA) is 69.0 Å². The Morgan fingerprint density at radius 2 is 2.03 bits per heavy atom. The fraction of sp³-hybridized carbons (Fsp3) is 0.240. The standard InChI is InChI=1S/C25H23FN4O3/c1-16-13-29(15-28-16)21-8-3-17(11-22(21)32-2)12-23-25-27-10-9-20(30(25)24(31)14-33-23)18-4-6-19(26)7-5-18/h3-8,11-13,15,20H,9-10,14H2,1-2H3. The van der Waals surface area contributed by atoms with Crippen LogP contribution in [0.15, 0.2) is 65.7 Å². The van der Waals surface area contributed by atoms with Crippen LogP contribution >= 0.6 is 0 Å². The van der Waals surface area contributed by atoms with Gasteiger partial charge in [0.05, 0.1) is 30.9 Å². The van der Waals surface area contributed by atoms with Gasteiger partial charge in [-0.25, -0.2) is 9.37 Å². The van der Waals surface area contributed by atoms with Crippen LogP contribution in [0.1, 0.15) is 29.3 Å². The van der Waals surface area contributed by atoms with Gasteiger partial charge in [0.1, 0.15) is 11.6 Å². The molecule has 33 heavy (non-hydrogen) atoms. The molecule has 5 rings (SSSR count). The Hall–Kier alpha value is -3.94. The largest absolute Gasteiger partial charge is 0.495 e. The van der Waals surface area contributed by atoms with Crippen molar-refractivity contribution < 1.29 is 18.7 Å². The number of rotatable bonds is 4. The Morgan fingerprint density at radius 1 is 1.21 bits per heavy atom. The number of nitrogens with zero attached hydrogens (tertiary/aromatic N) is 4. The van der Waals surface area contributed by atoms with Crippen LogP contribution in [-0.2, 0) is 9.53 Å². The second-order valence-electron chi connectivity index (χ2n) is 7.98. The molecule has 1 amide bonds. The van der Waals surface area contributed by atoms with Crippen molar-refractivity contribution in [1.29, 1.82) is 0 Å². The van der Waals surface area contributed by atoms with Gasteiger partial charge in [0, 0.05) is 12.7 Å². The molecule has 3 aromatic rings. The number of carbonyl (C=O) groups is 1. The number of ether oxygens (including phenoxy) is 2. The Bertz CT molecular complexity index is 1260. The van der Waals surface area contributed by atoms with Crippen LogP contribution in [0.3, 0.4) is 0 Å². The van der Waals surface area contributed by atoms with Crippen LogP contribution in [0, 0.1) is 12.7 Å². The van der Waals surface area contributed by atoms with E-state index in [1.807, 2.05) is 42.0 Å². The molecular weight excluding hydrogens is 423 g/mol. The van der Waals surface area contributed by atoms with Crippen molar-refractivity contribution in [2.75, 3.05) is 20.3 Å². The fourth-order valence-corrected chi connectivity index (χ4v) is 4.22. The summed E-state index contributed by atoms with van der Waals surface area (Å²) in [6.07, 6.45) is 6.19. The lowest BCUT2D eigenvalue weighted by Crippen LogP contribution is -2.49. The minimum absolute atomic E-state index is 0.0773. The predicted molar refractivity (Wildman–Crippen MR) is 122 cm³/mol. The number of benzene rings is 2. The Labute approximate surface area is 190 Å². The van der Waals surface area contributed by atoms with Gasteiger partial charge in [-0.1, -0.05) is 18.2 Å². The molecule has 1 aromatic heterocycles. The Morgan fingerprint density at radius 3 is 2.76 bits per heavy atom. The number of aliphatic imine (C=N–C) groups is 1. The summed E-state index contributed by atoms with van der Waals surface area (Å²) in [5.41, 5.74) is 3.51. The zero-order valence-corrected chi connectivity index (χ0v) is 18.4. The van der Waals surface area contributed by atoms with E-state index in [1.165, 1.54) is 12.1 Å². The van der Waals surface area contributed by atoms with E-state index >= 15 is 0 Å². The first-order valence-corrected chi connectivity index (χ1v) is 10.7. The highest BCUT2D eigenvalue weighted by Gasteiger charge is 2.38. The van der Waals surface area contributed by atoms with E-state index in [1.54, 1.807) is 30.5 Å². The summed E-state index contributed by atoms with van der Waals surface area (Å²) in [4.78, 5) is 23.3. The molecule has 0 N–H and O–H groups in total. The molecule has 3 heterocycles. The van der Waals surface area contributed by atoms with E-state index in [-0.39, 0.29) is 24.4 Å². The number of hydrogen-bond acceptors (Lipinski definition) is 5. The first-order chi connectivity index (χ1) is 16.0. The molecule has 2 aliphatic rings. The quantitative estimate of drug-likeness (QED) is 0.606. The van der Waals surface area contributed by atoms with Crippen LogP contribution in [-0.4, -0.2) is 46.5 Å². The van der Waals surface area contributed by atoms with Crippen molar-refractivity contribution in [1.82, 2.24) is 14.5 Å². The molecule has 1 fully saturated rings. The smallest absolute Gasteiger partial charge is 0.266 e. The summed E-state index contributed by atoms with van der Waals surface area (Å²) in [6, 6.07) is 11.9. The number of aromatic nitrogens is 2. The van der Waals surface area contributed by atoms with Gasteiger partial charge >= 0.3 is 0 Å². The van der Waals surface area contributed by atoms with Gasteiger partial charge in [0.25, 0.3) is 5.91 Å². The lowest BCUT2D eigenvalue weighted by atomic mass is 9.98. The highest BCUT2D eigenvalue weighted by Crippen LogP contribution is 2.34. The summed E-state index contributed by atoms with van der Waals surface area (Å²) in [7, 11) is 1.62. The number of aryl methyl sites for hydroxylation is 1. The number of methoxy groups -OCH3 is 1.